The molecular weight excluding hydrogens is 387 g/mol. The number of carbonyl (C=O) groups excluding carboxylic acids is 1. The summed E-state index contributed by atoms with van der Waals surface area (Å²) in [4.78, 5) is 20.0. The van der Waals surface area contributed by atoms with Gasteiger partial charge in [-0.1, -0.05) is 16.8 Å². The zero-order valence-electron chi connectivity index (χ0n) is 13.6. The van der Waals surface area contributed by atoms with Gasteiger partial charge in [-0.25, -0.2) is 9.97 Å². The van der Waals surface area contributed by atoms with Gasteiger partial charge in [0.1, 0.15) is 23.6 Å². The molecule has 27 heavy (non-hydrogen) atoms. The Morgan fingerprint density at radius 2 is 1.93 bits per heavy atom. The standard InChI is InChI=1S/C16H11ClF3N5O2/c1-8-4-14(25-27-8)24-13-6-12(21-7-22-13)15(26)23-9-2-3-11(17)10(5-9)16(18,19)20/h2-7H,1H3,(H,23,26)(H,21,22,24,25). The van der Waals surface area contributed by atoms with E-state index in [0.717, 1.165) is 18.5 Å². The summed E-state index contributed by atoms with van der Waals surface area (Å²) in [5.74, 6) is 0.501. The van der Waals surface area contributed by atoms with Crippen LogP contribution in [0.15, 0.2) is 41.2 Å². The molecule has 0 atom stereocenters. The molecule has 0 radical (unpaired) electrons. The van der Waals surface area contributed by atoms with E-state index in [1.165, 1.54) is 12.1 Å². The second-order valence-electron chi connectivity index (χ2n) is 5.38. The summed E-state index contributed by atoms with van der Waals surface area (Å²) in [7, 11) is 0. The van der Waals surface area contributed by atoms with Crippen LogP contribution >= 0.6 is 11.6 Å². The van der Waals surface area contributed by atoms with E-state index in [1.807, 2.05) is 0 Å². The van der Waals surface area contributed by atoms with Gasteiger partial charge in [0.2, 0.25) is 0 Å². The van der Waals surface area contributed by atoms with Gasteiger partial charge in [0, 0.05) is 17.8 Å². The average molecular weight is 398 g/mol. The number of amides is 1. The molecule has 0 aliphatic heterocycles. The van der Waals surface area contributed by atoms with Crippen molar-refractivity contribution in [3.63, 3.8) is 0 Å². The second-order valence-corrected chi connectivity index (χ2v) is 5.79. The van der Waals surface area contributed by atoms with Crippen molar-refractivity contribution in [3.05, 3.63) is 58.7 Å². The number of aryl methyl sites for hydroxylation is 1. The number of hydrogen-bond acceptors (Lipinski definition) is 6. The van der Waals surface area contributed by atoms with E-state index in [1.54, 1.807) is 13.0 Å². The minimum absolute atomic E-state index is 0.0591. The van der Waals surface area contributed by atoms with Gasteiger partial charge in [0.25, 0.3) is 5.91 Å². The van der Waals surface area contributed by atoms with Gasteiger partial charge in [0.15, 0.2) is 5.82 Å². The third kappa shape index (κ3) is 4.53. The summed E-state index contributed by atoms with van der Waals surface area (Å²) < 4.78 is 43.6. The maximum Gasteiger partial charge on any atom is 0.417 e. The predicted octanol–water partition coefficient (Wildman–Crippen LogP) is 4.44. The fraction of sp³-hybridized carbons (Fsp3) is 0.125. The van der Waals surface area contributed by atoms with Crippen molar-refractivity contribution in [2.24, 2.45) is 0 Å². The monoisotopic (exact) mass is 397 g/mol. The second kappa shape index (κ2) is 7.23. The van der Waals surface area contributed by atoms with Crippen LogP contribution < -0.4 is 10.6 Å². The lowest BCUT2D eigenvalue weighted by molar-refractivity contribution is -0.137. The lowest BCUT2D eigenvalue weighted by atomic mass is 10.2. The third-order valence-electron chi connectivity index (χ3n) is 3.31. The zero-order valence-corrected chi connectivity index (χ0v) is 14.4. The fourth-order valence-corrected chi connectivity index (χ4v) is 2.35. The van der Waals surface area contributed by atoms with Gasteiger partial charge in [-0.05, 0) is 25.1 Å². The summed E-state index contributed by atoms with van der Waals surface area (Å²) in [6.45, 7) is 1.71. The molecule has 0 aliphatic rings. The van der Waals surface area contributed by atoms with E-state index in [4.69, 9.17) is 16.1 Å². The van der Waals surface area contributed by atoms with Gasteiger partial charge < -0.3 is 15.2 Å². The van der Waals surface area contributed by atoms with E-state index < -0.39 is 22.7 Å². The van der Waals surface area contributed by atoms with Crippen molar-refractivity contribution in [2.75, 3.05) is 10.6 Å². The molecule has 0 aliphatic carbocycles. The molecule has 7 nitrogen and oxygen atoms in total. The molecule has 0 spiro atoms. The highest BCUT2D eigenvalue weighted by atomic mass is 35.5. The smallest absolute Gasteiger partial charge is 0.360 e. The first-order valence-electron chi connectivity index (χ1n) is 7.43. The van der Waals surface area contributed by atoms with Crippen molar-refractivity contribution in [1.29, 1.82) is 0 Å². The Kier molecular flexibility index (Phi) is 5.00. The van der Waals surface area contributed by atoms with Crippen LogP contribution in [0.1, 0.15) is 21.8 Å². The largest absolute Gasteiger partial charge is 0.417 e. The maximum absolute atomic E-state index is 12.9. The molecule has 140 valence electrons. The average Bonchev–Trinajstić information content (AvgIpc) is 3.00. The summed E-state index contributed by atoms with van der Waals surface area (Å²) >= 11 is 5.56. The fourth-order valence-electron chi connectivity index (χ4n) is 2.12. The third-order valence-corrected chi connectivity index (χ3v) is 3.64. The van der Waals surface area contributed by atoms with Gasteiger partial charge in [0.05, 0.1) is 10.6 Å². The molecule has 2 aromatic heterocycles. The Hall–Kier alpha value is -3.14. The highest BCUT2D eigenvalue weighted by Crippen LogP contribution is 2.36. The van der Waals surface area contributed by atoms with Crippen LogP contribution in [-0.2, 0) is 6.18 Å². The summed E-state index contributed by atoms with van der Waals surface area (Å²) in [5, 5.41) is 8.43. The number of aromatic nitrogens is 3. The molecule has 0 fully saturated rings. The van der Waals surface area contributed by atoms with Crippen molar-refractivity contribution < 1.29 is 22.5 Å². The van der Waals surface area contributed by atoms with Crippen LogP contribution in [0.2, 0.25) is 5.02 Å². The molecule has 1 aromatic carbocycles. The molecule has 0 unspecified atom stereocenters. The Bertz CT molecular complexity index is 990. The number of anilines is 3. The number of rotatable bonds is 4. The van der Waals surface area contributed by atoms with Gasteiger partial charge in [-0.3, -0.25) is 4.79 Å². The topological polar surface area (TPSA) is 92.9 Å². The van der Waals surface area contributed by atoms with E-state index in [-0.39, 0.29) is 17.2 Å². The first kappa shape index (κ1) is 18.6. The lowest BCUT2D eigenvalue weighted by Crippen LogP contribution is -2.15. The maximum atomic E-state index is 12.9. The van der Waals surface area contributed by atoms with E-state index >= 15 is 0 Å². The zero-order chi connectivity index (χ0) is 19.6. The number of halogens is 4. The summed E-state index contributed by atoms with van der Waals surface area (Å²) in [5.41, 5.74) is -1.18. The minimum atomic E-state index is -4.64. The van der Waals surface area contributed by atoms with E-state index in [0.29, 0.717) is 11.6 Å². The summed E-state index contributed by atoms with van der Waals surface area (Å²) in [6, 6.07) is 6.00. The Morgan fingerprint density at radius 1 is 1.15 bits per heavy atom. The molecule has 3 aromatic rings. The van der Waals surface area contributed by atoms with Crippen molar-refractivity contribution in [1.82, 2.24) is 15.1 Å². The van der Waals surface area contributed by atoms with Crippen LogP contribution in [0.4, 0.5) is 30.5 Å². The van der Waals surface area contributed by atoms with Crippen molar-refractivity contribution in [3.8, 4) is 0 Å². The molecule has 0 bridgehead atoms. The van der Waals surface area contributed by atoms with Crippen molar-refractivity contribution in [2.45, 2.75) is 13.1 Å². The predicted molar refractivity (Wildman–Crippen MR) is 91.0 cm³/mol. The highest BCUT2D eigenvalue weighted by molar-refractivity contribution is 6.31. The number of nitrogens with one attached hydrogen (secondary N) is 2. The number of alkyl halides is 3. The Morgan fingerprint density at radius 3 is 2.59 bits per heavy atom. The first-order chi connectivity index (χ1) is 12.7. The number of nitrogens with zero attached hydrogens (tertiary/aromatic N) is 3. The summed E-state index contributed by atoms with van der Waals surface area (Å²) in [6.07, 6.45) is -3.51. The molecule has 3 rings (SSSR count). The van der Waals surface area contributed by atoms with Gasteiger partial charge in [-0.2, -0.15) is 13.2 Å². The van der Waals surface area contributed by atoms with Crippen molar-refractivity contribution >= 4 is 34.8 Å². The molecule has 2 N–H and O–H groups in total. The molecular formula is C16H11ClF3N5O2. The minimum Gasteiger partial charge on any atom is -0.360 e. The Labute approximate surface area is 155 Å². The highest BCUT2D eigenvalue weighted by Gasteiger charge is 2.33. The van der Waals surface area contributed by atoms with Gasteiger partial charge in [-0.15, -0.1) is 0 Å². The van der Waals surface area contributed by atoms with Crippen LogP contribution in [0.25, 0.3) is 0 Å². The van der Waals surface area contributed by atoms with Crippen LogP contribution in [0.3, 0.4) is 0 Å². The van der Waals surface area contributed by atoms with Gasteiger partial charge >= 0.3 is 6.18 Å². The molecule has 11 heteroatoms. The number of carbonyl (C=O) groups is 1. The lowest BCUT2D eigenvalue weighted by Gasteiger charge is -2.11. The first-order valence-corrected chi connectivity index (χ1v) is 7.80. The molecule has 2 heterocycles. The normalized spacial score (nSPS) is 11.3. The van der Waals surface area contributed by atoms with Crippen LogP contribution in [0, 0.1) is 6.92 Å². The van der Waals surface area contributed by atoms with E-state index in [2.05, 4.69) is 25.8 Å². The quantitative estimate of drug-likeness (QED) is 0.676. The molecule has 0 saturated carbocycles. The van der Waals surface area contributed by atoms with Crippen LogP contribution in [-0.4, -0.2) is 21.0 Å². The number of hydrogen-bond donors (Lipinski definition) is 2. The SMILES string of the molecule is Cc1cc(Nc2cc(C(=O)Nc3ccc(Cl)c(C(F)(F)F)c3)ncn2)no1. The molecule has 1 amide bonds. The Balaban J connectivity index is 1.78. The number of benzene rings is 1. The van der Waals surface area contributed by atoms with E-state index in [9.17, 15) is 18.0 Å². The molecule has 0 saturated heterocycles. The van der Waals surface area contributed by atoms with Crippen LogP contribution in [0.5, 0.6) is 0 Å².